The summed E-state index contributed by atoms with van der Waals surface area (Å²) in [6.07, 6.45) is 2.82. The molecular formula is C15H20N2O. The molecule has 2 aromatic rings. The molecule has 1 atom stereocenters. The summed E-state index contributed by atoms with van der Waals surface area (Å²) in [5.41, 5.74) is 2.63. The first-order valence-corrected chi connectivity index (χ1v) is 6.70. The molecule has 0 amide bonds. The third-order valence-electron chi connectivity index (χ3n) is 3.75. The van der Waals surface area contributed by atoms with Crippen LogP contribution in [0.2, 0.25) is 0 Å². The van der Waals surface area contributed by atoms with Gasteiger partial charge in [-0.15, -0.1) is 0 Å². The average Bonchev–Trinajstić information content (AvgIpc) is 3.00. The number of benzene rings is 1. The summed E-state index contributed by atoms with van der Waals surface area (Å²) in [5.74, 6) is 0. The van der Waals surface area contributed by atoms with Crippen LogP contribution in [0.15, 0.2) is 30.3 Å². The highest BCUT2D eigenvalue weighted by Crippen LogP contribution is 2.18. The molecule has 3 heteroatoms. The summed E-state index contributed by atoms with van der Waals surface area (Å²) in [6.45, 7) is 2.80. The third-order valence-corrected chi connectivity index (χ3v) is 3.75. The Labute approximate surface area is 108 Å². The minimum Gasteiger partial charge on any atom is -0.377 e. The van der Waals surface area contributed by atoms with E-state index in [-0.39, 0.29) is 0 Å². The molecule has 1 N–H and O–H groups in total. The average molecular weight is 244 g/mol. The molecule has 0 unspecified atom stereocenters. The molecule has 96 valence electrons. The van der Waals surface area contributed by atoms with Crippen molar-refractivity contribution < 1.29 is 4.74 Å². The fourth-order valence-electron chi connectivity index (χ4n) is 2.68. The smallest absolute Gasteiger partial charge is 0.0700 e. The Morgan fingerprint density at radius 2 is 2.28 bits per heavy atom. The van der Waals surface area contributed by atoms with Crippen molar-refractivity contribution in [3.8, 4) is 0 Å². The van der Waals surface area contributed by atoms with Gasteiger partial charge >= 0.3 is 0 Å². The van der Waals surface area contributed by atoms with E-state index in [0.29, 0.717) is 6.10 Å². The third kappa shape index (κ3) is 2.28. The number of fused-ring (bicyclic) bond motifs is 1. The summed E-state index contributed by atoms with van der Waals surface area (Å²) in [6, 6.07) is 10.8. The van der Waals surface area contributed by atoms with Gasteiger partial charge in [0.25, 0.3) is 0 Å². The molecule has 0 radical (unpaired) electrons. The van der Waals surface area contributed by atoms with Gasteiger partial charge in [0.1, 0.15) is 0 Å². The van der Waals surface area contributed by atoms with Gasteiger partial charge in [0, 0.05) is 38.0 Å². The predicted molar refractivity (Wildman–Crippen MR) is 73.6 cm³/mol. The highest BCUT2D eigenvalue weighted by molar-refractivity contribution is 5.81. The van der Waals surface area contributed by atoms with E-state index in [1.54, 1.807) is 0 Å². The Kier molecular flexibility index (Phi) is 3.35. The Hall–Kier alpha value is -1.32. The van der Waals surface area contributed by atoms with Gasteiger partial charge in [0.15, 0.2) is 0 Å². The van der Waals surface area contributed by atoms with Gasteiger partial charge in [-0.25, -0.2) is 0 Å². The number of rotatable bonds is 4. The summed E-state index contributed by atoms with van der Waals surface area (Å²) >= 11 is 0. The van der Waals surface area contributed by atoms with Crippen LogP contribution < -0.4 is 5.32 Å². The molecule has 3 nitrogen and oxygen atoms in total. The molecule has 1 saturated heterocycles. The second-order valence-electron chi connectivity index (χ2n) is 5.02. The van der Waals surface area contributed by atoms with Crippen LogP contribution in [-0.4, -0.2) is 23.8 Å². The quantitative estimate of drug-likeness (QED) is 0.894. The number of hydrogen-bond donors (Lipinski definition) is 1. The molecule has 2 heterocycles. The lowest BCUT2D eigenvalue weighted by Crippen LogP contribution is -2.26. The lowest BCUT2D eigenvalue weighted by Gasteiger charge is -2.11. The molecule has 1 aromatic carbocycles. The zero-order chi connectivity index (χ0) is 12.4. The monoisotopic (exact) mass is 244 g/mol. The van der Waals surface area contributed by atoms with Crippen molar-refractivity contribution >= 4 is 10.9 Å². The largest absolute Gasteiger partial charge is 0.377 e. The molecule has 1 aliphatic rings. The fourth-order valence-corrected chi connectivity index (χ4v) is 2.68. The summed E-state index contributed by atoms with van der Waals surface area (Å²) in [7, 11) is 2.13. The highest BCUT2D eigenvalue weighted by Gasteiger charge is 2.14. The molecule has 1 aliphatic heterocycles. The second-order valence-corrected chi connectivity index (χ2v) is 5.02. The standard InChI is InChI=1S/C15H20N2O/c1-17-13(9-12-5-2-3-7-15(12)17)10-16-11-14-6-4-8-18-14/h2-3,5,7,9,14,16H,4,6,8,10-11H2,1H3/t14-/m0/s1. The first-order valence-electron chi connectivity index (χ1n) is 6.70. The summed E-state index contributed by atoms with van der Waals surface area (Å²) < 4.78 is 7.87. The molecule has 0 spiro atoms. The van der Waals surface area contributed by atoms with Crippen molar-refractivity contribution in [2.24, 2.45) is 7.05 Å². The maximum absolute atomic E-state index is 5.61. The first kappa shape index (κ1) is 11.8. The molecule has 18 heavy (non-hydrogen) atoms. The van der Waals surface area contributed by atoms with Crippen LogP contribution in [0.1, 0.15) is 18.5 Å². The van der Waals surface area contributed by atoms with Crippen LogP contribution in [0.3, 0.4) is 0 Å². The van der Waals surface area contributed by atoms with Gasteiger partial charge in [0.05, 0.1) is 6.10 Å². The lowest BCUT2D eigenvalue weighted by molar-refractivity contribution is 0.110. The van der Waals surface area contributed by atoms with E-state index >= 15 is 0 Å². The highest BCUT2D eigenvalue weighted by atomic mass is 16.5. The van der Waals surface area contributed by atoms with Crippen LogP contribution in [0, 0.1) is 0 Å². The van der Waals surface area contributed by atoms with Crippen molar-refractivity contribution in [2.75, 3.05) is 13.2 Å². The zero-order valence-corrected chi connectivity index (χ0v) is 10.9. The van der Waals surface area contributed by atoms with Crippen LogP contribution >= 0.6 is 0 Å². The van der Waals surface area contributed by atoms with Crippen LogP contribution in [0.4, 0.5) is 0 Å². The maximum atomic E-state index is 5.61. The number of aromatic nitrogens is 1. The van der Waals surface area contributed by atoms with Crippen molar-refractivity contribution in [3.63, 3.8) is 0 Å². The SMILES string of the molecule is Cn1c(CNC[C@@H]2CCCO2)cc2ccccc21. The molecule has 0 saturated carbocycles. The number of nitrogens with one attached hydrogen (secondary N) is 1. The normalized spacial score (nSPS) is 19.7. The zero-order valence-electron chi connectivity index (χ0n) is 10.9. The summed E-state index contributed by atoms with van der Waals surface area (Å²) in [4.78, 5) is 0. The molecule has 3 rings (SSSR count). The minimum absolute atomic E-state index is 0.416. The van der Waals surface area contributed by atoms with Crippen LogP contribution in [-0.2, 0) is 18.3 Å². The maximum Gasteiger partial charge on any atom is 0.0700 e. The van der Waals surface area contributed by atoms with E-state index in [1.165, 1.54) is 29.4 Å². The van der Waals surface area contributed by atoms with Gasteiger partial charge in [-0.1, -0.05) is 18.2 Å². The number of hydrogen-bond acceptors (Lipinski definition) is 2. The van der Waals surface area contributed by atoms with Crippen molar-refractivity contribution in [1.82, 2.24) is 9.88 Å². The Bertz CT molecular complexity index is 526. The van der Waals surface area contributed by atoms with Gasteiger partial charge < -0.3 is 14.6 Å². The van der Waals surface area contributed by atoms with Crippen LogP contribution in [0.25, 0.3) is 10.9 Å². The van der Waals surface area contributed by atoms with Gasteiger partial charge in [0.2, 0.25) is 0 Å². The number of nitrogens with zero attached hydrogens (tertiary/aromatic N) is 1. The Morgan fingerprint density at radius 1 is 1.39 bits per heavy atom. The molecule has 1 aromatic heterocycles. The lowest BCUT2D eigenvalue weighted by atomic mass is 10.2. The molecular weight excluding hydrogens is 224 g/mol. The minimum atomic E-state index is 0.416. The van der Waals surface area contributed by atoms with Crippen LogP contribution in [0.5, 0.6) is 0 Å². The molecule has 0 aliphatic carbocycles. The number of ether oxygens (including phenoxy) is 1. The number of para-hydroxylation sites is 1. The fraction of sp³-hybridized carbons (Fsp3) is 0.467. The molecule has 0 bridgehead atoms. The number of aryl methyl sites for hydroxylation is 1. The Morgan fingerprint density at radius 3 is 3.06 bits per heavy atom. The van der Waals surface area contributed by atoms with Gasteiger partial charge in [-0.2, -0.15) is 0 Å². The van der Waals surface area contributed by atoms with Crippen molar-refractivity contribution in [1.29, 1.82) is 0 Å². The van der Waals surface area contributed by atoms with Gasteiger partial charge in [-0.05, 0) is 30.4 Å². The van der Waals surface area contributed by atoms with E-state index in [9.17, 15) is 0 Å². The molecule has 1 fully saturated rings. The predicted octanol–water partition coefficient (Wildman–Crippen LogP) is 2.45. The van der Waals surface area contributed by atoms with E-state index in [0.717, 1.165) is 19.7 Å². The first-order chi connectivity index (χ1) is 8.84. The van der Waals surface area contributed by atoms with Gasteiger partial charge in [-0.3, -0.25) is 0 Å². The van der Waals surface area contributed by atoms with E-state index < -0.39 is 0 Å². The topological polar surface area (TPSA) is 26.2 Å². The summed E-state index contributed by atoms with van der Waals surface area (Å²) in [5, 5.41) is 4.81. The van der Waals surface area contributed by atoms with E-state index in [2.05, 4.69) is 47.3 Å². The van der Waals surface area contributed by atoms with Crippen molar-refractivity contribution in [2.45, 2.75) is 25.5 Å². The Balaban J connectivity index is 1.65. The second kappa shape index (κ2) is 5.12. The van der Waals surface area contributed by atoms with E-state index in [4.69, 9.17) is 4.74 Å². The van der Waals surface area contributed by atoms with Crippen molar-refractivity contribution in [3.05, 3.63) is 36.0 Å². The van der Waals surface area contributed by atoms with E-state index in [1.807, 2.05) is 0 Å².